The van der Waals surface area contributed by atoms with Gasteiger partial charge in [0.15, 0.2) is 6.61 Å². The van der Waals surface area contributed by atoms with Crippen LogP contribution in [0.25, 0.3) is 11.5 Å². The van der Waals surface area contributed by atoms with Crippen LogP contribution >= 0.6 is 0 Å². The number of rotatable bonds is 6. The van der Waals surface area contributed by atoms with Crippen molar-refractivity contribution in [2.24, 2.45) is 0 Å². The lowest BCUT2D eigenvalue weighted by atomic mass is 10.0. The number of ether oxygens (including phenoxy) is 2. The number of hydrogen-bond donors (Lipinski definition) is 1. The Morgan fingerprint density at radius 1 is 1.08 bits per heavy atom. The summed E-state index contributed by atoms with van der Waals surface area (Å²) in [7, 11) is 0. The zero-order valence-corrected chi connectivity index (χ0v) is 18.4. The molecule has 2 aliphatic rings. The SMILES string of the molecule is O=C1CCC(N2Cc3c(OCc4nnc(-c5ccc(OC(F)(F)F)cc5)o4)cccc3C2=O)C(=O)N1. The number of carbonyl (C=O) groups is 3. The smallest absolute Gasteiger partial charge is 0.483 e. The number of nitrogens with one attached hydrogen (secondary N) is 1. The van der Waals surface area contributed by atoms with Gasteiger partial charge in [-0.1, -0.05) is 6.07 Å². The number of imide groups is 1. The Bertz CT molecular complexity index is 1340. The Morgan fingerprint density at radius 2 is 1.86 bits per heavy atom. The van der Waals surface area contributed by atoms with E-state index in [0.29, 0.717) is 22.4 Å². The molecule has 2 aliphatic heterocycles. The number of benzene rings is 2. The molecule has 3 amide bonds. The predicted molar refractivity (Wildman–Crippen MR) is 113 cm³/mol. The van der Waals surface area contributed by atoms with Crippen LogP contribution in [0.3, 0.4) is 0 Å². The fourth-order valence-electron chi connectivity index (χ4n) is 4.06. The molecule has 0 aliphatic carbocycles. The zero-order valence-electron chi connectivity index (χ0n) is 18.4. The van der Waals surface area contributed by atoms with E-state index in [2.05, 4.69) is 20.3 Å². The molecule has 1 saturated heterocycles. The summed E-state index contributed by atoms with van der Waals surface area (Å²) >= 11 is 0. The van der Waals surface area contributed by atoms with Crippen molar-refractivity contribution in [3.8, 4) is 23.0 Å². The van der Waals surface area contributed by atoms with Gasteiger partial charge in [0, 0.05) is 23.1 Å². The third kappa shape index (κ3) is 4.72. The molecule has 1 aromatic heterocycles. The molecule has 1 unspecified atom stereocenters. The molecule has 0 spiro atoms. The lowest BCUT2D eigenvalue weighted by molar-refractivity contribution is -0.274. The van der Waals surface area contributed by atoms with Crippen LogP contribution in [-0.4, -0.2) is 45.2 Å². The first-order chi connectivity index (χ1) is 17.2. The summed E-state index contributed by atoms with van der Waals surface area (Å²) in [5, 5.41) is 10.0. The second kappa shape index (κ2) is 8.98. The molecule has 5 rings (SSSR count). The molecule has 0 bridgehead atoms. The van der Waals surface area contributed by atoms with Gasteiger partial charge in [-0.3, -0.25) is 19.7 Å². The van der Waals surface area contributed by atoms with Crippen LogP contribution in [0.1, 0.15) is 34.7 Å². The second-order valence-electron chi connectivity index (χ2n) is 8.04. The maximum Gasteiger partial charge on any atom is 0.573 e. The zero-order chi connectivity index (χ0) is 25.4. The third-order valence-electron chi connectivity index (χ3n) is 5.69. The van der Waals surface area contributed by atoms with Crippen LogP contribution in [-0.2, 0) is 22.7 Å². The van der Waals surface area contributed by atoms with E-state index in [-0.39, 0.29) is 55.3 Å². The van der Waals surface area contributed by atoms with Crippen LogP contribution in [0, 0.1) is 0 Å². The molecule has 13 heteroatoms. The number of carbonyl (C=O) groups excluding carboxylic acids is 3. The largest absolute Gasteiger partial charge is 0.573 e. The van der Waals surface area contributed by atoms with Crippen molar-refractivity contribution in [2.75, 3.05) is 0 Å². The van der Waals surface area contributed by atoms with Crippen molar-refractivity contribution in [3.05, 3.63) is 59.5 Å². The number of piperidine rings is 1. The summed E-state index contributed by atoms with van der Waals surface area (Å²) in [6.07, 6.45) is -4.40. The van der Waals surface area contributed by atoms with E-state index in [4.69, 9.17) is 9.15 Å². The number of aromatic nitrogens is 2. The third-order valence-corrected chi connectivity index (χ3v) is 5.69. The number of alkyl halides is 3. The van der Waals surface area contributed by atoms with E-state index >= 15 is 0 Å². The van der Waals surface area contributed by atoms with Gasteiger partial charge in [-0.25, -0.2) is 0 Å². The molecular weight excluding hydrogens is 485 g/mol. The normalized spacial score (nSPS) is 17.7. The highest BCUT2D eigenvalue weighted by Gasteiger charge is 2.40. The molecule has 36 heavy (non-hydrogen) atoms. The molecule has 1 fully saturated rings. The van der Waals surface area contributed by atoms with Crippen LogP contribution < -0.4 is 14.8 Å². The fourth-order valence-corrected chi connectivity index (χ4v) is 4.06. The summed E-state index contributed by atoms with van der Waals surface area (Å²) < 4.78 is 52.1. The van der Waals surface area contributed by atoms with Crippen molar-refractivity contribution in [1.82, 2.24) is 20.4 Å². The fraction of sp³-hybridized carbons (Fsp3) is 0.261. The number of amides is 3. The summed E-state index contributed by atoms with van der Waals surface area (Å²) in [5.74, 6) is -1.02. The topological polar surface area (TPSA) is 124 Å². The van der Waals surface area contributed by atoms with E-state index < -0.39 is 18.3 Å². The predicted octanol–water partition coefficient (Wildman–Crippen LogP) is 2.98. The van der Waals surface area contributed by atoms with E-state index in [1.54, 1.807) is 18.2 Å². The summed E-state index contributed by atoms with van der Waals surface area (Å²) in [6.45, 7) is 0.00335. The maximum atomic E-state index is 12.9. The molecule has 0 radical (unpaired) electrons. The average Bonchev–Trinajstić information content (AvgIpc) is 3.43. The summed E-state index contributed by atoms with van der Waals surface area (Å²) in [5.41, 5.74) is 1.37. The van der Waals surface area contributed by atoms with E-state index in [9.17, 15) is 27.6 Å². The van der Waals surface area contributed by atoms with Crippen LogP contribution in [0.4, 0.5) is 13.2 Å². The van der Waals surface area contributed by atoms with Gasteiger partial charge in [0.05, 0.1) is 6.54 Å². The van der Waals surface area contributed by atoms with Gasteiger partial charge in [-0.2, -0.15) is 0 Å². The Morgan fingerprint density at radius 3 is 2.58 bits per heavy atom. The van der Waals surface area contributed by atoms with Crippen molar-refractivity contribution >= 4 is 17.7 Å². The maximum absolute atomic E-state index is 12.9. The van der Waals surface area contributed by atoms with Gasteiger partial charge in [-0.05, 0) is 42.8 Å². The average molecular weight is 502 g/mol. The van der Waals surface area contributed by atoms with Crippen LogP contribution in [0.5, 0.6) is 11.5 Å². The Labute approximate surface area is 201 Å². The molecule has 3 aromatic rings. The number of fused-ring (bicyclic) bond motifs is 1. The lowest BCUT2D eigenvalue weighted by Crippen LogP contribution is -2.52. The lowest BCUT2D eigenvalue weighted by Gasteiger charge is -2.29. The summed E-state index contributed by atoms with van der Waals surface area (Å²) in [6, 6.07) is 9.13. The van der Waals surface area contributed by atoms with Crippen molar-refractivity contribution < 1.29 is 41.4 Å². The monoisotopic (exact) mass is 502 g/mol. The molecular formula is C23H17F3N4O6. The number of halogens is 3. The van der Waals surface area contributed by atoms with Crippen molar-refractivity contribution in [3.63, 3.8) is 0 Å². The molecule has 0 saturated carbocycles. The van der Waals surface area contributed by atoms with Crippen molar-refractivity contribution in [2.45, 2.75) is 38.4 Å². The van der Waals surface area contributed by atoms with Gasteiger partial charge in [0.25, 0.3) is 11.8 Å². The van der Waals surface area contributed by atoms with E-state index in [1.807, 2.05) is 0 Å². The quantitative estimate of drug-likeness (QED) is 0.511. The van der Waals surface area contributed by atoms with Gasteiger partial charge < -0.3 is 18.8 Å². The Balaban J connectivity index is 1.26. The molecule has 1 atom stereocenters. The molecule has 186 valence electrons. The van der Waals surface area contributed by atoms with E-state index in [0.717, 1.165) is 12.1 Å². The molecule has 10 nitrogen and oxygen atoms in total. The Kier molecular flexibility index (Phi) is 5.82. The first kappa shape index (κ1) is 23.3. The molecule has 2 aromatic carbocycles. The summed E-state index contributed by atoms with van der Waals surface area (Å²) in [4.78, 5) is 38.0. The highest BCUT2D eigenvalue weighted by molar-refractivity contribution is 6.05. The highest BCUT2D eigenvalue weighted by atomic mass is 19.4. The van der Waals surface area contributed by atoms with Crippen molar-refractivity contribution in [1.29, 1.82) is 0 Å². The van der Waals surface area contributed by atoms with Crippen LogP contribution in [0.2, 0.25) is 0 Å². The minimum atomic E-state index is -4.79. The standard InChI is InChI=1S/C23H17F3N4O6/c24-23(25,26)36-13-6-4-12(5-7-13)21-29-28-19(35-21)11-34-17-3-1-2-14-15(17)10-30(22(14)33)16-8-9-18(31)27-20(16)32/h1-7,16H,8-11H2,(H,27,31,32). The van der Waals surface area contributed by atoms with E-state index in [1.165, 1.54) is 17.0 Å². The van der Waals surface area contributed by atoms with Crippen LogP contribution in [0.15, 0.2) is 46.9 Å². The van der Waals surface area contributed by atoms with Gasteiger partial charge in [-0.15, -0.1) is 23.4 Å². The Hall–Kier alpha value is -4.42. The highest BCUT2D eigenvalue weighted by Crippen LogP contribution is 2.34. The molecule has 3 heterocycles. The molecule has 1 N–H and O–H groups in total. The van der Waals surface area contributed by atoms with Gasteiger partial charge in [0.1, 0.15) is 17.5 Å². The second-order valence-corrected chi connectivity index (χ2v) is 8.04. The minimum Gasteiger partial charge on any atom is -0.483 e. The number of nitrogens with zero attached hydrogens (tertiary/aromatic N) is 3. The van der Waals surface area contributed by atoms with Gasteiger partial charge >= 0.3 is 6.36 Å². The minimum absolute atomic E-state index is 0.0738. The van der Waals surface area contributed by atoms with Gasteiger partial charge in [0.2, 0.25) is 17.7 Å². The first-order valence-electron chi connectivity index (χ1n) is 10.8. The number of hydrogen-bond acceptors (Lipinski definition) is 8. The first-order valence-corrected chi connectivity index (χ1v) is 10.8.